The molecule has 0 fully saturated rings. The van der Waals surface area contributed by atoms with Gasteiger partial charge in [-0.3, -0.25) is 0 Å². The van der Waals surface area contributed by atoms with Crippen LogP contribution in [-0.2, 0) is 0 Å². The van der Waals surface area contributed by atoms with Crippen LogP contribution in [0.4, 0.5) is 4.39 Å². The summed E-state index contributed by atoms with van der Waals surface area (Å²) in [6.45, 7) is 0. The summed E-state index contributed by atoms with van der Waals surface area (Å²) < 4.78 is 14.3. The third-order valence-corrected chi connectivity index (χ3v) is 2.09. The molecule has 1 aromatic heterocycles. The average molecular weight is 233 g/mol. The van der Waals surface area contributed by atoms with Gasteiger partial charge in [0.15, 0.2) is 5.82 Å². The molecule has 0 aliphatic carbocycles. The van der Waals surface area contributed by atoms with Crippen molar-refractivity contribution in [1.82, 2.24) is 25.1 Å². The summed E-state index contributed by atoms with van der Waals surface area (Å²) in [6, 6.07) is 5.99. The van der Waals surface area contributed by atoms with Crippen LogP contribution in [0.1, 0.15) is 5.82 Å². The molecule has 0 N–H and O–H groups in total. The van der Waals surface area contributed by atoms with Crippen LogP contribution in [0.5, 0.6) is 0 Å². The lowest BCUT2D eigenvalue weighted by Crippen LogP contribution is -2.03. The number of rotatable bonds is 3. The van der Waals surface area contributed by atoms with E-state index in [2.05, 4.69) is 15.5 Å². The first-order chi connectivity index (χ1) is 8.16. The molecule has 0 atom stereocenters. The fourth-order valence-corrected chi connectivity index (χ4v) is 1.28. The molecule has 6 heteroatoms. The predicted octanol–water partition coefficient (Wildman–Crippen LogP) is 1.33. The number of halogens is 1. The Hall–Kier alpha value is -2.24. The summed E-state index contributed by atoms with van der Waals surface area (Å²) in [5, 5.41) is 11.3. The van der Waals surface area contributed by atoms with E-state index in [-0.39, 0.29) is 5.82 Å². The van der Waals surface area contributed by atoms with E-state index in [1.165, 1.54) is 12.1 Å². The maximum Gasteiger partial charge on any atom is 0.181 e. The second-order valence-electron chi connectivity index (χ2n) is 3.70. The molecule has 0 radical (unpaired) electrons. The van der Waals surface area contributed by atoms with Crippen molar-refractivity contribution >= 4 is 6.08 Å². The Bertz CT molecular complexity index is 515. The smallest absolute Gasteiger partial charge is 0.181 e. The van der Waals surface area contributed by atoms with Gasteiger partial charge >= 0.3 is 0 Å². The fourth-order valence-electron chi connectivity index (χ4n) is 1.28. The van der Waals surface area contributed by atoms with Gasteiger partial charge in [0, 0.05) is 26.4 Å². The zero-order valence-corrected chi connectivity index (χ0v) is 9.58. The van der Waals surface area contributed by atoms with E-state index in [9.17, 15) is 4.39 Å². The Labute approximate surface area is 98.2 Å². The van der Waals surface area contributed by atoms with Crippen LogP contribution in [0.3, 0.4) is 0 Å². The van der Waals surface area contributed by atoms with Crippen LogP contribution in [0.15, 0.2) is 30.5 Å². The van der Waals surface area contributed by atoms with E-state index in [1.807, 2.05) is 25.2 Å². The van der Waals surface area contributed by atoms with Gasteiger partial charge < -0.3 is 4.90 Å². The van der Waals surface area contributed by atoms with Gasteiger partial charge in [0.25, 0.3) is 0 Å². The topological polar surface area (TPSA) is 46.8 Å². The number of benzene rings is 1. The van der Waals surface area contributed by atoms with Gasteiger partial charge in [0.05, 0.1) is 5.69 Å². The monoisotopic (exact) mass is 233 g/mol. The van der Waals surface area contributed by atoms with Crippen molar-refractivity contribution in [1.29, 1.82) is 0 Å². The van der Waals surface area contributed by atoms with Gasteiger partial charge in [-0.25, -0.2) is 4.39 Å². The molecule has 0 saturated carbocycles. The summed E-state index contributed by atoms with van der Waals surface area (Å²) in [6.07, 6.45) is 3.62. The number of hydrogen-bond donors (Lipinski definition) is 0. The van der Waals surface area contributed by atoms with Gasteiger partial charge in [-0.2, -0.15) is 4.68 Å². The lowest BCUT2D eigenvalue weighted by molar-refractivity contribution is 0.567. The Kier molecular flexibility index (Phi) is 3.13. The molecular weight excluding hydrogens is 221 g/mol. The van der Waals surface area contributed by atoms with E-state index < -0.39 is 0 Å². The minimum absolute atomic E-state index is 0.285. The number of aromatic nitrogens is 4. The molecule has 0 spiro atoms. The molecule has 0 aliphatic heterocycles. The maximum atomic E-state index is 12.8. The molecule has 0 aliphatic rings. The zero-order chi connectivity index (χ0) is 12.3. The van der Waals surface area contributed by atoms with Crippen LogP contribution in [0.25, 0.3) is 11.8 Å². The van der Waals surface area contributed by atoms with Crippen LogP contribution in [0, 0.1) is 5.82 Å². The SMILES string of the molecule is CN(C)/C=C\c1nnnn1-c1ccc(F)cc1. The minimum Gasteiger partial charge on any atom is -0.383 e. The van der Waals surface area contributed by atoms with Crippen molar-refractivity contribution < 1.29 is 4.39 Å². The van der Waals surface area contributed by atoms with Crippen molar-refractivity contribution in [3.8, 4) is 5.69 Å². The number of nitrogens with zero attached hydrogens (tertiary/aromatic N) is 5. The molecular formula is C11H12FN5. The van der Waals surface area contributed by atoms with E-state index in [4.69, 9.17) is 0 Å². The molecule has 2 aromatic rings. The molecule has 0 unspecified atom stereocenters. The molecule has 1 heterocycles. The second-order valence-corrected chi connectivity index (χ2v) is 3.70. The third-order valence-electron chi connectivity index (χ3n) is 2.09. The average Bonchev–Trinajstić information content (AvgIpc) is 2.75. The molecule has 88 valence electrons. The van der Waals surface area contributed by atoms with Crippen LogP contribution < -0.4 is 0 Å². The summed E-state index contributed by atoms with van der Waals surface area (Å²) in [5.74, 6) is 0.303. The Morgan fingerprint density at radius 1 is 1.24 bits per heavy atom. The first-order valence-electron chi connectivity index (χ1n) is 5.06. The zero-order valence-electron chi connectivity index (χ0n) is 9.58. The van der Waals surface area contributed by atoms with Crippen LogP contribution in [-0.4, -0.2) is 39.2 Å². The van der Waals surface area contributed by atoms with Crippen LogP contribution in [0.2, 0.25) is 0 Å². The van der Waals surface area contributed by atoms with Gasteiger partial charge in [-0.1, -0.05) is 0 Å². The van der Waals surface area contributed by atoms with E-state index in [0.717, 1.165) is 5.69 Å². The van der Waals surface area contributed by atoms with Gasteiger partial charge in [0.1, 0.15) is 5.82 Å². The molecule has 5 nitrogen and oxygen atoms in total. The second kappa shape index (κ2) is 4.73. The van der Waals surface area contributed by atoms with Crippen molar-refractivity contribution in [3.63, 3.8) is 0 Å². The first kappa shape index (κ1) is 11.3. The predicted molar refractivity (Wildman–Crippen MR) is 61.8 cm³/mol. The highest BCUT2D eigenvalue weighted by atomic mass is 19.1. The number of tetrazole rings is 1. The highest BCUT2D eigenvalue weighted by molar-refractivity contribution is 5.43. The van der Waals surface area contributed by atoms with Crippen molar-refractivity contribution in [2.24, 2.45) is 0 Å². The molecule has 0 saturated heterocycles. The normalized spacial score (nSPS) is 11.0. The van der Waals surface area contributed by atoms with E-state index in [1.54, 1.807) is 22.9 Å². The minimum atomic E-state index is -0.285. The lowest BCUT2D eigenvalue weighted by atomic mass is 10.3. The Morgan fingerprint density at radius 3 is 2.59 bits per heavy atom. The summed E-state index contributed by atoms with van der Waals surface area (Å²) in [4.78, 5) is 1.88. The summed E-state index contributed by atoms with van der Waals surface area (Å²) in [7, 11) is 3.81. The Balaban J connectivity index is 2.33. The number of hydrogen-bond acceptors (Lipinski definition) is 4. The van der Waals surface area contributed by atoms with E-state index in [0.29, 0.717) is 5.82 Å². The quantitative estimate of drug-likeness (QED) is 0.802. The molecule has 0 amide bonds. The highest BCUT2D eigenvalue weighted by Crippen LogP contribution is 2.09. The van der Waals surface area contributed by atoms with Gasteiger partial charge in [-0.05, 0) is 34.7 Å². The van der Waals surface area contributed by atoms with Crippen LogP contribution >= 0.6 is 0 Å². The fraction of sp³-hybridized carbons (Fsp3) is 0.182. The largest absolute Gasteiger partial charge is 0.383 e. The third kappa shape index (κ3) is 2.66. The molecule has 1 aromatic carbocycles. The molecule has 2 rings (SSSR count). The van der Waals surface area contributed by atoms with Gasteiger partial charge in [0.2, 0.25) is 0 Å². The van der Waals surface area contributed by atoms with E-state index >= 15 is 0 Å². The summed E-state index contributed by atoms with van der Waals surface area (Å²) in [5.41, 5.74) is 0.717. The summed E-state index contributed by atoms with van der Waals surface area (Å²) >= 11 is 0. The first-order valence-corrected chi connectivity index (χ1v) is 5.06. The van der Waals surface area contributed by atoms with Crippen molar-refractivity contribution in [2.45, 2.75) is 0 Å². The maximum absolute atomic E-state index is 12.8. The molecule has 0 bridgehead atoms. The van der Waals surface area contributed by atoms with Crippen molar-refractivity contribution in [2.75, 3.05) is 14.1 Å². The lowest BCUT2D eigenvalue weighted by Gasteiger charge is -2.04. The highest BCUT2D eigenvalue weighted by Gasteiger charge is 2.04. The van der Waals surface area contributed by atoms with Gasteiger partial charge in [-0.15, -0.1) is 5.10 Å². The molecule has 17 heavy (non-hydrogen) atoms. The standard InChI is InChI=1S/C11H12FN5/c1-16(2)8-7-11-13-14-15-17(11)10-5-3-9(12)4-6-10/h3-8H,1-2H3/b8-7-. The van der Waals surface area contributed by atoms with Crippen molar-refractivity contribution in [3.05, 3.63) is 42.1 Å². The Morgan fingerprint density at radius 2 is 1.94 bits per heavy atom.